The van der Waals surface area contributed by atoms with Crippen LogP contribution >= 0.6 is 0 Å². The summed E-state index contributed by atoms with van der Waals surface area (Å²) < 4.78 is 0. The summed E-state index contributed by atoms with van der Waals surface area (Å²) >= 11 is 0. The lowest BCUT2D eigenvalue weighted by Gasteiger charge is -2.12. The highest BCUT2D eigenvalue weighted by molar-refractivity contribution is 6.04. The average Bonchev–Trinajstić information content (AvgIpc) is 3.35. The molecule has 2 N–H and O–H groups in total. The largest absolute Gasteiger partial charge is 0.480 e. The van der Waals surface area contributed by atoms with Crippen molar-refractivity contribution in [2.24, 2.45) is 5.41 Å². The fourth-order valence-corrected chi connectivity index (χ4v) is 2.79. The van der Waals surface area contributed by atoms with Crippen LogP contribution in [0.15, 0.2) is 48.5 Å². The maximum atomic E-state index is 12.0. The third kappa shape index (κ3) is 2.97. The first kappa shape index (κ1) is 15.3. The second-order valence-corrected chi connectivity index (χ2v) is 6.09. The zero-order valence-corrected chi connectivity index (χ0v) is 13.0. The quantitative estimate of drug-likeness (QED) is 0.834. The Hall–Kier alpha value is -2.62. The van der Waals surface area contributed by atoms with Gasteiger partial charge in [0, 0.05) is 6.54 Å². The van der Waals surface area contributed by atoms with Gasteiger partial charge in [0.25, 0.3) is 0 Å². The van der Waals surface area contributed by atoms with Gasteiger partial charge in [-0.3, -0.25) is 9.59 Å². The molecule has 23 heavy (non-hydrogen) atoms. The fraction of sp³-hybridized carbons (Fsp3) is 0.263. The summed E-state index contributed by atoms with van der Waals surface area (Å²) in [5.74, 6) is -1.40. The molecule has 0 atom stereocenters. The molecule has 0 saturated heterocycles. The first-order valence-corrected chi connectivity index (χ1v) is 7.69. The molecule has 3 rings (SSSR count). The van der Waals surface area contributed by atoms with E-state index in [4.69, 9.17) is 5.11 Å². The molecular formula is C19H19NO3. The van der Waals surface area contributed by atoms with E-state index < -0.39 is 11.4 Å². The summed E-state index contributed by atoms with van der Waals surface area (Å²) in [6.07, 6.45) is 0.861. The van der Waals surface area contributed by atoms with Crippen LogP contribution < -0.4 is 5.32 Å². The maximum absolute atomic E-state index is 12.0. The van der Waals surface area contributed by atoms with Crippen LogP contribution in [-0.4, -0.2) is 17.0 Å². The van der Waals surface area contributed by atoms with E-state index in [1.807, 2.05) is 43.3 Å². The standard InChI is InChI=1S/C19H19NO3/c1-13-11-14(7-8-16(13)15-5-3-2-4-6-15)12-20-17(21)19(9-10-19)18(22)23/h2-8,11H,9-10,12H2,1H3,(H,20,21)(H,22,23). The number of carboxylic acid groups (broad SMARTS) is 1. The number of nitrogens with one attached hydrogen (secondary N) is 1. The lowest BCUT2D eigenvalue weighted by atomic mass is 9.98. The van der Waals surface area contributed by atoms with Crippen molar-refractivity contribution in [2.75, 3.05) is 0 Å². The van der Waals surface area contributed by atoms with Crippen molar-refractivity contribution in [3.63, 3.8) is 0 Å². The summed E-state index contributed by atoms with van der Waals surface area (Å²) in [5, 5.41) is 11.9. The Labute approximate surface area is 135 Å². The molecule has 0 spiro atoms. The van der Waals surface area contributed by atoms with Gasteiger partial charge in [0.1, 0.15) is 5.41 Å². The number of hydrogen-bond acceptors (Lipinski definition) is 2. The van der Waals surface area contributed by atoms with Gasteiger partial charge in [-0.1, -0.05) is 48.5 Å². The minimum Gasteiger partial charge on any atom is -0.480 e. The predicted octanol–water partition coefficient (Wildman–Crippen LogP) is 3.14. The van der Waals surface area contributed by atoms with Crippen molar-refractivity contribution < 1.29 is 14.7 Å². The highest BCUT2D eigenvalue weighted by atomic mass is 16.4. The molecule has 1 saturated carbocycles. The Bertz CT molecular complexity index is 748. The molecule has 1 amide bonds. The van der Waals surface area contributed by atoms with E-state index in [0.717, 1.165) is 22.3 Å². The Morgan fingerprint density at radius 1 is 1.13 bits per heavy atom. The minimum atomic E-state index is -1.18. The van der Waals surface area contributed by atoms with E-state index in [1.54, 1.807) is 0 Å². The van der Waals surface area contributed by atoms with Crippen LogP contribution in [0.3, 0.4) is 0 Å². The Balaban J connectivity index is 1.70. The van der Waals surface area contributed by atoms with E-state index in [2.05, 4.69) is 17.4 Å². The van der Waals surface area contributed by atoms with Crippen LogP contribution in [0.2, 0.25) is 0 Å². The van der Waals surface area contributed by atoms with E-state index in [-0.39, 0.29) is 5.91 Å². The molecule has 0 radical (unpaired) electrons. The summed E-state index contributed by atoms with van der Waals surface area (Å²) in [6, 6.07) is 16.2. The van der Waals surface area contributed by atoms with Crippen LogP contribution in [0.25, 0.3) is 11.1 Å². The minimum absolute atomic E-state index is 0.351. The molecule has 1 aliphatic rings. The Morgan fingerprint density at radius 2 is 1.83 bits per heavy atom. The number of carbonyl (C=O) groups excluding carboxylic acids is 1. The highest BCUT2D eigenvalue weighted by Gasteiger charge is 2.56. The molecule has 1 fully saturated rings. The SMILES string of the molecule is Cc1cc(CNC(=O)C2(C(=O)O)CC2)ccc1-c1ccccc1. The van der Waals surface area contributed by atoms with Crippen molar-refractivity contribution in [1.82, 2.24) is 5.32 Å². The summed E-state index contributed by atoms with van der Waals surface area (Å²) in [5.41, 5.74) is 3.23. The van der Waals surface area contributed by atoms with Crippen molar-refractivity contribution in [2.45, 2.75) is 26.3 Å². The Morgan fingerprint density at radius 3 is 2.39 bits per heavy atom. The number of hydrogen-bond donors (Lipinski definition) is 2. The van der Waals surface area contributed by atoms with Crippen LogP contribution in [0, 0.1) is 12.3 Å². The zero-order valence-electron chi connectivity index (χ0n) is 13.0. The van der Waals surface area contributed by atoms with Crippen molar-refractivity contribution in [3.8, 4) is 11.1 Å². The van der Waals surface area contributed by atoms with Gasteiger partial charge in [-0.15, -0.1) is 0 Å². The number of aliphatic carboxylic acids is 1. The molecule has 0 aliphatic heterocycles. The molecule has 118 valence electrons. The van der Waals surface area contributed by atoms with Gasteiger partial charge in [-0.05, 0) is 42.0 Å². The second-order valence-electron chi connectivity index (χ2n) is 6.09. The molecule has 4 heteroatoms. The number of rotatable bonds is 5. The van der Waals surface area contributed by atoms with Crippen molar-refractivity contribution in [1.29, 1.82) is 0 Å². The van der Waals surface area contributed by atoms with Crippen molar-refractivity contribution >= 4 is 11.9 Å². The molecule has 0 bridgehead atoms. The molecule has 2 aromatic rings. The van der Waals surface area contributed by atoms with Crippen LogP contribution in [-0.2, 0) is 16.1 Å². The van der Waals surface area contributed by atoms with Gasteiger partial charge in [0.05, 0.1) is 0 Å². The molecular weight excluding hydrogens is 290 g/mol. The topological polar surface area (TPSA) is 66.4 Å². The molecule has 0 aromatic heterocycles. The van der Waals surface area contributed by atoms with Gasteiger partial charge >= 0.3 is 5.97 Å². The first-order chi connectivity index (χ1) is 11.0. The van der Waals surface area contributed by atoms with Gasteiger partial charge < -0.3 is 10.4 Å². The highest BCUT2D eigenvalue weighted by Crippen LogP contribution is 2.46. The fourth-order valence-electron chi connectivity index (χ4n) is 2.79. The van der Waals surface area contributed by atoms with E-state index >= 15 is 0 Å². The maximum Gasteiger partial charge on any atom is 0.319 e. The lowest BCUT2D eigenvalue weighted by Crippen LogP contribution is -2.36. The van der Waals surface area contributed by atoms with Crippen LogP contribution in [0.1, 0.15) is 24.0 Å². The predicted molar refractivity (Wildman–Crippen MR) is 87.8 cm³/mol. The zero-order chi connectivity index (χ0) is 16.4. The summed E-state index contributed by atoms with van der Waals surface area (Å²) in [7, 11) is 0. The third-order valence-electron chi connectivity index (χ3n) is 4.42. The second kappa shape index (κ2) is 5.88. The molecule has 1 aliphatic carbocycles. The van der Waals surface area contributed by atoms with E-state index in [0.29, 0.717) is 19.4 Å². The number of amides is 1. The smallest absolute Gasteiger partial charge is 0.319 e. The van der Waals surface area contributed by atoms with Crippen LogP contribution in [0.5, 0.6) is 0 Å². The molecule has 0 unspecified atom stereocenters. The van der Waals surface area contributed by atoms with Crippen molar-refractivity contribution in [3.05, 3.63) is 59.7 Å². The van der Waals surface area contributed by atoms with E-state index in [9.17, 15) is 9.59 Å². The lowest BCUT2D eigenvalue weighted by molar-refractivity contribution is -0.149. The monoisotopic (exact) mass is 309 g/mol. The first-order valence-electron chi connectivity index (χ1n) is 7.69. The van der Waals surface area contributed by atoms with Gasteiger partial charge in [0.15, 0.2) is 0 Å². The number of carboxylic acids is 1. The van der Waals surface area contributed by atoms with Gasteiger partial charge in [-0.25, -0.2) is 0 Å². The average molecular weight is 309 g/mol. The molecule has 0 heterocycles. The van der Waals surface area contributed by atoms with Crippen LogP contribution in [0.4, 0.5) is 0 Å². The number of aryl methyl sites for hydroxylation is 1. The molecule has 4 nitrogen and oxygen atoms in total. The summed E-state index contributed by atoms with van der Waals surface area (Å²) in [6.45, 7) is 2.39. The molecule has 2 aromatic carbocycles. The number of benzene rings is 2. The van der Waals surface area contributed by atoms with Gasteiger partial charge in [-0.2, -0.15) is 0 Å². The number of carbonyl (C=O) groups is 2. The Kier molecular flexibility index (Phi) is 3.90. The van der Waals surface area contributed by atoms with Gasteiger partial charge in [0.2, 0.25) is 5.91 Å². The van der Waals surface area contributed by atoms with E-state index in [1.165, 1.54) is 0 Å². The summed E-state index contributed by atoms with van der Waals surface area (Å²) in [4.78, 5) is 23.2. The normalized spacial score (nSPS) is 15.0. The third-order valence-corrected chi connectivity index (χ3v) is 4.42.